The molecule has 0 spiro atoms. The summed E-state index contributed by atoms with van der Waals surface area (Å²) < 4.78 is 21.3. The van der Waals surface area contributed by atoms with Crippen LogP contribution in [0.1, 0.15) is 35.3 Å². The van der Waals surface area contributed by atoms with Gasteiger partial charge in [0.2, 0.25) is 0 Å². The van der Waals surface area contributed by atoms with E-state index in [1.54, 1.807) is 30.1 Å². The highest BCUT2D eigenvalue weighted by molar-refractivity contribution is 6.00. The first-order valence-corrected chi connectivity index (χ1v) is 10.5. The topological polar surface area (TPSA) is 89.3 Å². The van der Waals surface area contributed by atoms with Crippen molar-refractivity contribution in [2.75, 3.05) is 19.5 Å². The van der Waals surface area contributed by atoms with Crippen LogP contribution in [-0.2, 0) is 6.54 Å². The van der Waals surface area contributed by atoms with Gasteiger partial charge in [-0.2, -0.15) is 5.10 Å². The zero-order chi connectivity index (χ0) is 24.4. The quantitative estimate of drug-likeness (QED) is 0.395. The molecule has 2 aromatic heterocycles. The lowest BCUT2D eigenvalue weighted by atomic mass is 10.1. The molecule has 7 nitrogen and oxygen atoms in total. The Bertz CT molecular complexity index is 1190. The maximum Gasteiger partial charge on any atom is 0.160 e. The molecule has 0 amide bonds. The first-order chi connectivity index (χ1) is 16.1. The highest BCUT2D eigenvalue weighted by Gasteiger charge is 2.15. The number of aliphatic hydroxyl groups excluding tert-OH is 1. The van der Waals surface area contributed by atoms with Crippen molar-refractivity contribution in [1.82, 2.24) is 14.8 Å². The molecule has 0 fully saturated rings. The van der Waals surface area contributed by atoms with Crippen molar-refractivity contribution in [2.24, 2.45) is 0 Å². The predicted molar refractivity (Wildman–Crippen MR) is 129 cm³/mol. The monoisotopic (exact) mass is 452 g/mol. The van der Waals surface area contributed by atoms with Crippen LogP contribution in [-0.4, -0.2) is 40.4 Å². The van der Waals surface area contributed by atoms with E-state index < -0.39 is 5.82 Å². The Hall–Kier alpha value is -3.78. The number of carbonyl (C=O) groups is 1. The Labute approximate surface area is 192 Å². The Morgan fingerprint density at radius 1 is 1.12 bits per heavy atom. The van der Waals surface area contributed by atoms with Crippen LogP contribution >= 0.6 is 0 Å². The molecule has 0 aliphatic heterocycles. The number of benzene rings is 2. The van der Waals surface area contributed by atoms with E-state index in [1.807, 2.05) is 45.0 Å². The number of anilines is 2. The number of fused-ring (bicyclic) bond motifs is 1. The third-order valence-electron chi connectivity index (χ3n) is 4.70. The smallest absolute Gasteiger partial charge is 0.160 e. The maximum absolute atomic E-state index is 14.3. The van der Waals surface area contributed by atoms with Gasteiger partial charge in [0.25, 0.3) is 0 Å². The van der Waals surface area contributed by atoms with Crippen LogP contribution < -0.4 is 10.1 Å². The lowest BCUT2D eigenvalue weighted by Gasteiger charge is -2.12. The molecule has 0 saturated heterocycles. The van der Waals surface area contributed by atoms with Crippen molar-refractivity contribution in [3.63, 3.8) is 0 Å². The number of methoxy groups -OCH3 is 1. The molecule has 4 aromatic rings. The van der Waals surface area contributed by atoms with E-state index in [4.69, 9.17) is 9.84 Å². The normalized spacial score (nSPS) is 9.91. The molecule has 33 heavy (non-hydrogen) atoms. The van der Waals surface area contributed by atoms with E-state index in [-0.39, 0.29) is 5.69 Å². The molecule has 0 unspecified atom stereocenters. The molecular weight excluding hydrogens is 423 g/mol. The van der Waals surface area contributed by atoms with Crippen molar-refractivity contribution in [2.45, 2.75) is 27.3 Å². The summed E-state index contributed by atoms with van der Waals surface area (Å²) in [6.45, 7) is 6.32. The van der Waals surface area contributed by atoms with Gasteiger partial charge >= 0.3 is 0 Å². The molecular formula is C25H29FN4O3. The molecule has 2 N–H and O–H groups in total. The standard InChI is InChI=1S/C22H19FN4O2.C2H6.CH4O/c1-14-3-8-20(19(23)9-14)26-21-16(13-28)10-24-22-18(21)11-25-27(22)12-15-4-6-17(29-2)7-5-15;2*1-2/h3-11,13H,12H2,1-2H3,(H,24,26);1-2H3;2H,1H3. The molecule has 174 valence electrons. The fourth-order valence-corrected chi connectivity index (χ4v) is 3.15. The Kier molecular flexibility index (Phi) is 9.50. The number of carbonyl (C=O) groups excluding carboxylic acids is 1. The molecule has 2 aromatic carbocycles. The number of hydrogen-bond donors (Lipinski definition) is 2. The Morgan fingerprint density at radius 3 is 2.42 bits per heavy atom. The second-order valence-corrected chi connectivity index (χ2v) is 6.70. The van der Waals surface area contributed by atoms with Crippen molar-refractivity contribution in [3.8, 4) is 5.75 Å². The van der Waals surface area contributed by atoms with E-state index in [0.29, 0.717) is 35.1 Å². The van der Waals surface area contributed by atoms with Crippen molar-refractivity contribution in [1.29, 1.82) is 0 Å². The number of pyridine rings is 1. The Morgan fingerprint density at radius 2 is 1.82 bits per heavy atom. The van der Waals surface area contributed by atoms with E-state index in [0.717, 1.165) is 24.0 Å². The molecule has 0 aliphatic carbocycles. The molecule has 4 rings (SSSR count). The number of nitrogens with one attached hydrogen (secondary N) is 1. The zero-order valence-corrected chi connectivity index (χ0v) is 19.5. The van der Waals surface area contributed by atoms with Gasteiger partial charge in [0.15, 0.2) is 11.9 Å². The van der Waals surface area contributed by atoms with Gasteiger partial charge in [-0.3, -0.25) is 4.79 Å². The van der Waals surface area contributed by atoms with Crippen LogP contribution in [0, 0.1) is 12.7 Å². The third kappa shape index (κ3) is 5.93. The van der Waals surface area contributed by atoms with Gasteiger partial charge in [0.1, 0.15) is 11.6 Å². The van der Waals surface area contributed by atoms with Gasteiger partial charge in [-0.05, 0) is 42.3 Å². The molecule has 0 bridgehead atoms. The lowest BCUT2D eigenvalue weighted by molar-refractivity contribution is 0.112. The van der Waals surface area contributed by atoms with E-state index in [2.05, 4.69) is 15.4 Å². The number of aryl methyl sites for hydroxylation is 1. The van der Waals surface area contributed by atoms with Crippen molar-refractivity contribution < 1.29 is 19.0 Å². The fraction of sp³-hybridized carbons (Fsp3) is 0.240. The summed E-state index contributed by atoms with van der Waals surface area (Å²) >= 11 is 0. The average molecular weight is 453 g/mol. The number of halogens is 1. The first-order valence-electron chi connectivity index (χ1n) is 10.5. The van der Waals surface area contributed by atoms with Crippen LogP contribution in [0.2, 0.25) is 0 Å². The highest BCUT2D eigenvalue weighted by atomic mass is 19.1. The minimum atomic E-state index is -0.391. The molecule has 0 aliphatic rings. The zero-order valence-electron chi connectivity index (χ0n) is 19.5. The first kappa shape index (κ1) is 25.5. The van der Waals surface area contributed by atoms with E-state index >= 15 is 0 Å². The van der Waals surface area contributed by atoms with Crippen LogP contribution in [0.15, 0.2) is 54.9 Å². The van der Waals surface area contributed by atoms with Crippen LogP contribution in [0.4, 0.5) is 15.8 Å². The van der Waals surface area contributed by atoms with Crippen molar-refractivity contribution >= 4 is 28.7 Å². The number of rotatable bonds is 6. The van der Waals surface area contributed by atoms with Crippen LogP contribution in [0.3, 0.4) is 0 Å². The van der Waals surface area contributed by atoms with Crippen molar-refractivity contribution in [3.05, 3.63) is 77.4 Å². The summed E-state index contributed by atoms with van der Waals surface area (Å²) in [6.07, 6.45) is 3.80. The Balaban J connectivity index is 0.000000914. The average Bonchev–Trinajstić information content (AvgIpc) is 3.27. The summed E-state index contributed by atoms with van der Waals surface area (Å²) in [7, 11) is 2.62. The van der Waals surface area contributed by atoms with E-state index in [9.17, 15) is 9.18 Å². The minimum absolute atomic E-state index is 0.286. The summed E-state index contributed by atoms with van der Waals surface area (Å²) in [5.74, 6) is 0.386. The van der Waals surface area contributed by atoms with Crippen LogP contribution in [0.5, 0.6) is 5.75 Å². The second-order valence-electron chi connectivity index (χ2n) is 6.70. The largest absolute Gasteiger partial charge is 0.497 e. The second kappa shape index (κ2) is 12.3. The summed E-state index contributed by atoms with van der Waals surface area (Å²) in [5, 5.41) is 15.1. The summed E-state index contributed by atoms with van der Waals surface area (Å²) in [4.78, 5) is 15.9. The number of hydrogen-bond acceptors (Lipinski definition) is 6. The van der Waals surface area contributed by atoms with Gasteiger partial charge in [0, 0.05) is 13.3 Å². The molecule has 0 radical (unpaired) electrons. The summed E-state index contributed by atoms with van der Waals surface area (Å²) in [6, 6.07) is 12.6. The minimum Gasteiger partial charge on any atom is -0.497 e. The fourth-order valence-electron chi connectivity index (χ4n) is 3.15. The molecule has 0 saturated carbocycles. The highest BCUT2D eigenvalue weighted by Crippen LogP contribution is 2.30. The van der Waals surface area contributed by atoms with Gasteiger partial charge in [-0.25, -0.2) is 14.1 Å². The SMILES string of the molecule is CC.CO.COc1ccc(Cn2ncc3c(Nc4ccc(C)cc4F)c(C=O)cnc32)cc1. The molecule has 8 heteroatoms. The number of nitrogens with zero attached hydrogens (tertiary/aromatic N) is 3. The molecule has 0 atom stereocenters. The number of aliphatic hydroxyl groups is 1. The van der Waals surface area contributed by atoms with Gasteiger partial charge < -0.3 is 15.2 Å². The number of ether oxygens (including phenoxy) is 1. The molecule has 2 heterocycles. The van der Waals surface area contributed by atoms with Gasteiger partial charge in [0.05, 0.1) is 42.2 Å². The van der Waals surface area contributed by atoms with E-state index in [1.165, 1.54) is 12.3 Å². The third-order valence-corrected chi connectivity index (χ3v) is 4.70. The number of aromatic nitrogens is 3. The maximum atomic E-state index is 14.3. The lowest BCUT2D eigenvalue weighted by Crippen LogP contribution is -2.04. The van der Waals surface area contributed by atoms with Crippen LogP contribution in [0.25, 0.3) is 11.0 Å². The van der Waals surface area contributed by atoms with Gasteiger partial charge in [-0.15, -0.1) is 0 Å². The predicted octanol–water partition coefficient (Wildman–Crippen LogP) is 5.13. The summed E-state index contributed by atoms with van der Waals surface area (Å²) in [5.41, 5.74) is 3.54. The van der Waals surface area contributed by atoms with Gasteiger partial charge in [-0.1, -0.05) is 32.0 Å². The number of aldehydes is 1.